The van der Waals surface area contributed by atoms with Crippen LogP contribution in [0.4, 0.5) is 5.82 Å². The molecule has 0 aliphatic carbocycles. The van der Waals surface area contributed by atoms with Gasteiger partial charge in [-0.3, -0.25) is 0 Å². The minimum atomic E-state index is 0.0204. The first kappa shape index (κ1) is 10.3. The number of anilines is 1. The number of hydrogen-bond donors (Lipinski definition) is 2. The van der Waals surface area contributed by atoms with Crippen LogP contribution in [0.25, 0.3) is 0 Å². The summed E-state index contributed by atoms with van der Waals surface area (Å²) in [6, 6.07) is 1.81. The quantitative estimate of drug-likeness (QED) is 0.566. The first-order chi connectivity index (χ1) is 7.19. The molecule has 1 aliphatic rings. The molecule has 2 unspecified atom stereocenters. The van der Waals surface area contributed by atoms with Gasteiger partial charge in [0.2, 0.25) is 0 Å². The van der Waals surface area contributed by atoms with E-state index in [1.54, 1.807) is 0 Å². The lowest BCUT2D eigenvalue weighted by Gasteiger charge is -2.11. The van der Waals surface area contributed by atoms with E-state index in [1.165, 1.54) is 0 Å². The van der Waals surface area contributed by atoms with Crippen LogP contribution in [0.2, 0.25) is 0 Å². The Balaban J connectivity index is 2.24. The Morgan fingerprint density at radius 1 is 1.47 bits per heavy atom. The lowest BCUT2D eigenvalue weighted by molar-refractivity contribution is 0.0503. The third-order valence-electron chi connectivity index (χ3n) is 2.54. The molecule has 0 spiro atoms. The van der Waals surface area contributed by atoms with Gasteiger partial charge >= 0.3 is 0 Å². The van der Waals surface area contributed by atoms with Crippen molar-refractivity contribution in [2.24, 2.45) is 5.84 Å². The van der Waals surface area contributed by atoms with Crippen molar-refractivity contribution in [2.75, 3.05) is 5.43 Å². The lowest BCUT2D eigenvalue weighted by Crippen LogP contribution is -2.13. The zero-order valence-corrected chi connectivity index (χ0v) is 9.03. The van der Waals surface area contributed by atoms with Crippen molar-refractivity contribution in [1.82, 2.24) is 9.97 Å². The van der Waals surface area contributed by atoms with Crippen molar-refractivity contribution < 1.29 is 4.74 Å². The molecule has 1 fully saturated rings. The van der Waals surface area contributed by atoms with Gasteiger partial charge in [-0.15, -0.1) is 0 Å². The van der Waals surface area contributed by atoms with Crippen LogP contribution in [0.3, 0.4) is 0 Å². The van der Waals surface area contributed by atoms with Crippen LogP contribution in [0, 0.1) is 6.92 Å². The predicted molar refractivity (Wildman–Crippen MR) is 57.1 cm³/mol. The summed E-state index contributed by atoms with van der Waals surface area (Å²) in [4.78, 5) is 8.66. The van der Waals surface area contributed by atoms with Crippen LogP contribution in [0.15, 0.2) is 6.07 Å². The van der Waals surface area contributed by atoms with Crippen molar-refractivity contribution in [3.8, 4) is 0 Å². The number of hydrazine groups is 1. The van der Waals surface area contributed by atoms with E-state index in [1.807, 2.05) is 13.0 Å². The van der Waals surface area contributed by atoms with Crippen LogP contribution >= 0.6 is 0 Å². The predicted octanol–water partition coefficient (Wildman–Crippen LogP) is 1.31. The van der Waals surface area contributed by atoms with E-state index in [0.717, 1.165) is 24.4 Å². The Kier molecular flexibility index (Phi) is 2.83. The molecule has 5 nitrogen and oxygen atoms in total. The Labute approximate surface area is 89.0 Å². The largest absolute Gasteiger partial charge is 0.367 e. The smallest absolute Gasteiger partial charge is 0.159 e. The van der Waals surface area contributed by atoms with Crippen LogP contribution < -0.4 is 11.3 Å². The van der Waals surface area contributed by atoms with E-state index >= 15 is 0 Å². The van der Waals surface area contributed by atoms with Gasteiger partial charge < -0.3 is 10.2 Å². The van der Waals surface area contributed by atoms with Crippen LogP contribution in [-0.4, -0.2) is 16.1 Å². The number of nitrogens with two attached hydrogens (primary N) is 1. The Morgan fingerprint density at radius 2 is 2.27 bits per heavy atom. The summed E-state index contributed by atoms with van der Waals surface area (Å²) in [7, 11) is 0. The molecule has 2 rings (SSSR count). The van der Waals surface area contributed by atoms with Gasteiger partial charge in [-0.2, -0.15) is 0 Å². The minimum absolute atomic E-state index is 0.0204. The molecule has 2 atom stereocenters. The highest BCUT2D eigenvalue weighted by Gasteiger charge is 2.25. The number of nitrogens with zero attached hydrogens (tertiary/aromatic N) is 2. The Morgan fingerprint density at radius 3 is 2.87 bits per heavy atom. The first-order valence-corrected chi connectivity index (χ1v) is 5.16. The first-order valence-electron chi connectivity index (χ1n) is 5.16. The summed E-state index contributed by atoms with van der Waals surface area (Å²) in [6.45, 7) is 3.99. The number of aryl methyl sites for hydroxylation is 1. The molecule has 1 saturated heterocycles. The minimum Gasteiger partial charge on any atom is -0.367 e. The molecule has 1 aromatic heterocycles. The van der Waals surface area contributed by atoms with Gasteiger partial charge in [0.1, 0.15) is 11.9 Å². The number of aromatic nitrogens is 2. The average Bonchev–Trinajstić information content (AvgIpc) is 2.64. The van der Waals surface area contributed by atoms with Gasteiger partial charge in [0.05, 0.1) is 6.10 Å². The fraction of sp³-hybridized carbons (Fsp3) is 0.600. The fourth-order valence-electron chi connectivity index (χ4n) is 1.80. The molecule has 0 saturated carbocycles. The highest BCUT2D eigenvalue weighted by atomic mass is 16.5. The number of nitrogen functional groups attached to an aromatic ring is 1. The molecule has 2 heterocycles. The summed E-state index contributed by atoms with van der Waals surface area (Å²) >= 11 is 0. The van der Waals surface area contributed by atoms with Gasteiger partial charge in [0.25, 0.3) is 0 Å². The molecule has 3 N–H and O–H groups in total. The van der Waals surface area contributed by atoms with E-state index in [9.17, 15) is 0 Å². The molecule has 1 aliphatic heterocycles. The van der Waals surface area contributed by atoms with Gasteiger partial charge in [0, 0.05) is 11.8 Å². The number of nitrogens with one attached hydrogen (secondary N) is 1. The van der Waals surface area contributed by atoms with Crippen LogP contribution in [-0.2, 0) is 4.74 Å². The number of rotatable bonds is 2. The summed E-state index contributed by atoms with van der Waals surface area (Å²) in [5.74, 6) is 6.70. The third-order valence-corrected chi connectivity index (χ3v) is 2.54. The van der Waals surface area contributed by atoms with Gasteiger partial charge in [-0.05, 0) is 26.7 Å². The normalized spacial score (nSPS) is 25.5. The molecule has 0 aromatic carbocycles. The average molecular weight is 208 g/mol. The standard InChI is InChI=1S/C10H16N4O/c1-6-5-9(14-11)13-10(12-6)8-4-3-7(2)15-8/h5,7-8H,3-4,11H2,1-2H3,(H,12,13,14). The van der Waals surface area contributed by atoms with Crippen molar-refractivity contribution in [2.45, 2.75) is 38.9 Å². The number of ether oxygens (including phenoxy) is 1. The van der Waals surface area contributed by atoms with Gasteiger partial charge in [-0.1, -0.05) is 0 Å². The second kappa shape index (κ2) is 4.12. The van der Waals surface area contributed by atoms with Crippen molar-refractivity contribution in [1.29, 1.82) is 0 Å². The van der Waals surface area contributed by atoms with Crippen molar-refractivity contribution >= 4 is 5.82 Å². The second-order valence-corrected chi connectivity index (χ2v) is 3.91. The summed E-state index contributed by atoms with van der Waals surface area (Å²) in [5.41, 5.74) is 3.44. The molecule has 82 valence electrons. The van der Waals surface area contributed by atoms with E-state index in [4.69, 9.17) is 10.6 Å². The van der Waals surface area contributed by atoms with Crippen molar-refractivity contribution in [3.05, 3.63) is 17.6 Å². The molecule has 1 aromatic rings. The zero-order valence-electron chi connectivity index (χ0n) is 9.03. The second-order valence-electron chi connectivity index (χ2n) is 3.91. The topological polar surface area (TPSA) is 73.1 Å². The fourth-order valence-corrected chi connectivity index (χ4v) is 1.80. The molecule has 0 amide bonds. The maximum atomic E-state index is 5.71. The van der Waals surface area contributed by atoms with Gasteiger partial charge in [0.15, 0.2) is 5.82 Å². The monoisotopic (exact) mass is 208 g/mol. The molecule has 15 heavy (non-hydrogen) atoms. The molecule has 0 bridgehead atoms. The third kappa shape index (κ3) is 2.24. The SMILES string of the molecule is Cc1cc(NN)nc(C2CCC(C)O2)n1. The summed E-state index contributed by atoms with van der Waals surface area (Å²) in [6.07, 6.45) is 2.36. The van der Waals surface area contributed by atoms with E-state index in [0.29, 0.717) is 11.9 Å². The Hall–Kier alpha value is -1.20. The van der Waals surface area contributed by atoms with Gasteiger partial charge in [-0.25, -0.2) is 15.8 Å². The highest BCUT2D eigenvalue weighted by molar-refractivity contribution is 5.34. The zero-order chi connectivity index (χ0) is 10.8. The number of hydrogen-bond acceptors (Lipinski definition) is 5. The van der Waals surface area contributed by atoms with E-state index < -0.39 is 0 Å². The van der Waals surface area contributed by atoms with Crippen LogP contribution in [0.5, 0.6) is 0 Å². The molecule has 0 radical (unpaired) electrons. The molecular formula is C10H16N4O. The summed E-state index contributed by atoms with van der Waals surface area (Å²) < 4.78 is 5.71. The van der Waals surface area contributed by atoms with E-state index in [-0.39, 0.29) is 6.10 Å². The molecule has 5 heteroatoms. The van der Waals surface area contributed by atoms with Crippen molar-refractivity contribution in [3.63, 3.8) is 0 Å². The highest BCUT2D eigenvalue weighted by Crippen LogP contribution is 2.30. The Bertz CT molecular complexity index is 355. The van der Waals surface area contributed by atoms with Crippen LogP contribution in [0.1, 0.15) is 37.4 Å². The summed E-state index contributed by atoms with van der Waals surface area (Å²) in [5, 5.41) is 0. The van der Waals surface area contributed by atoms with E-state index in [2.05, 4.69) is 22.3 Å². The maximum Gasteiger partial charge on any atom is 0.159 e. The maximum absolute atomic E-state index is 5.71. The lowest BCUT2D eigenvalue weighted by atomic mass is 10.2. The molecular weight excluding hydrogens is 192 g/mol.